The molecule has 0 spiro atoms. The summed E-state index contributed by atoms with van der Waals surface area (Å²) in [7, 11) is 0. The molecule has 5 aromatic carbocycles. The van der Waals surface area contributed by atoms with E-state index in [1.165, 1.54) is 38.9 Å². The lowest BCUT2D eigenvalue weighted by Gasteiger charge is -2.34. The van der Waals surface area contributed by atoms with Crippen molar-refractivity contribution in [2.75, 3.05) is 0 Å². The molecule has 0 unspecified atom stereocenters. The highest BCUT2D eigenvalue weighted by atomic mass is 16.3. The first-order valence-corrected chi connectivity index (χ1v) is 22.6. The Morgan fingerprint density at radius 2 is 0.738 bits per heavy atom. The second-order valence-corrected chi connectivity index (χ2v) is 21.1. The van der Waals surface area contributed by atoms with Crippen LogP contribution in [0.15, 0.2) is 78.9 Å². The second kappa shape index (κ2) is 18.7. The standard InChI is InChI=1S/C29H36O2.C28H42O2/c1-18-14-21(23(16-25(18)30)28(3,4)5)27(20-12-10-9-11-13-20)22-15-19(2)26(31)17-24(22)29(6,7)8;1-10-13-20(21-14-18(4)25(29)16-23(21)27(6,7)11-2)22-15-19(5)26(30)17-24(22)28(8,9)12-3/h9-17,27,30-31H,1-8H3;14-17,20,29-30H,10-13H2,1-9H3. The monoisotopic (exact) mass is 827 g/mol. The highest BCUT2D eigenvalue weighted by molar-refractivity contribution is 5.58. The van der Waals surface area contributed by atoms with Crippen LogP contribution in [0.2, 0.25) is 0 Å². The smallest absolute Gasteiger partial charge is 0.118 e. The largest absolute Gasteiger partial charge is 0.508 e. The summed E-state index contributed by atoms with van der Waals surface area (Å²) in [5.74, 6) is 1.64. The van der Waals surface area contributed by atoms with Gasteiger partial charge in [-0.15, -0.1) is 0 Å². The molecule has 0 bridgehead atoms. The maximum Gasteiger partial charge on any atom is 0.118 e. The van der Waals surface area contributed by atoms with E-state index < -0.39 is 0 Å². The Bertz CT molecular complexity index is 2160. The van der Waals surface area contributed by atoms with Crippen molar-refractivity contribution in [2.24, 2.45) is 0 Å². The lowest BCUT2D eigenvalue weighted by atomic mass is 9.70. The third-order valence-corrected chi connectivity index (χ3v) is 13.4. The average molecular weight is 827 g/mol. The van der Waals surface area contributed by atoms with E-state index in [9.17, 15) is 20.4 Å². The number of hydrogen-bond acceptors (Lipinski definition) is 4. The van der Waals surface area contributed by atoms with Crippen molar-refractivity contribution in [1.82, 2.24) is 0 Å². The van der Waals surface area contributed by atoms with Crippen LogP contribution in [0.25, 0.3) is 0 Å². The summed E-state index contributed by atoms with van der Waals surface area (Å²) in [5, 5.41) is 42.2. The van der Waals surface area contributed by atoms with Gasteiger partial charge in [0.05, 0.1) is 0 Å². The van der Waals surface area contributed by atoms with Crippen molar-refractivity contribution in [3.8, 4) is 23.0 Å². The summed E-state index contributed by atoms with van der Waals surface area (Å²) in [5.41, 5.74) is 14.2. The predicted octanol–water partition coefficient (Wildman–Crippen LogP) is 15.5. The van der Waals surface area contributed by atoms with Gasteiger partial charge in [0, 0.05) is 11.8 Å². The van der Waals surface area contributed by atoms with E-state index in [-0.39, 0.29) is 33.5 Å². The maximum atomic E-state index is 10.5. The molecule has 0 radical (unpaired) electrons. The molecule has 0 atom stereocenters. The fourth-order valence-corrected chi connectivity index (χ4v) is 8.72. The van der Waals surface area contributed by atoms with E-state index in [0.29, 0.717) is 23.0 Å². The van der Waals surface area contributed by atoms with Gasteiger partial charge in [0.1, 0.15) is 23.0 Å². The van der Waals surface area contributed by atoms with Crippen LogP contribution in [0.5, 0.6) is 23.0 Å². The number of phenols is 4. The van der Waals surface area contributed by atoms with Crippen LogP contribution in [0.4, 0.5) is 0 Å². The zero-order chi connectivity index (χ0) is 46.0. The Kier molecular flexibility index (Phi) is 15.0. The third kappa shape index (κ3) is 10.9. The van der Waals surface area contributed by atoms with E-state index in [2.05, 4.69) is 139 Å². The summed E-state index contributed by atoms with van der Waals surface area (Å²) >= 11 is 0. The van der Waals surface area contributed by atoms with Crippen LogP contribution >= 0.6 is 0 Å². The minimum atomic E-state index is -0.137. The first kappa shape index (κ1) is 49.0. The molecule has 4 N–H and O–H groups in total. The van der Waals surface area contributed by atoms with Crippen LogP contribution in [0, 0.1) is 27.7 Å². The molecule has 0 fully saturated rings. The summed E-state index contributed by atoms with van der Waals surface area (Å²) in [6.45, 7) is 36.8. The quantitative estimate of drug-likeness (QED) is 0.100. The maximum absolute atomic E-state index is 10.5. The van der Waals surface area contributed by atoms with E-state index in [0.717, 1.165) is 59.1 Å². The highest BCUT2D eigenvalue weighted by Crippen LogP contribution is 2.47. The Morgan fingerprint density at radius 3 is 1.03 bits per heavy atom. The van der Waals surface area contributed by atoms with Gasteiger partial charge < -0.3 is 20.4 Å². The van der Waals surface area contributed by atoms with Crippen LogP contribution in [-0.2, 0) is 21.7 Å². The molecule has 0 heterocycles. The molecule has 0 saturated carbocycles. The lowest BCUT2D eigenvalue weighted by Crippen LogP contribution is -2.23. The number of hydrogen-bond donors (Lipinski definition) is 4. The minimum Gasteiger partial charge on any atom is -0.508 e. The molecule has 0 aromatic heterocycles. The van der Waals surface area contributed by atoms with E-state index in [1.54, 1.807) is 0 Å². The Balaban J connectivity index is 0.000000269. The van der Waals surface area contributed by atoms with Gasteiger partial charge in [-0.25, -0.2) is 0 Å². The van der Waals surface area contributed by atoms with E-state index in [1.807, 2.05) is 58.0 Å². The van der Waals surface area contributed by atoms with Gasteiger partial charge in [0.15, 0.2) is 0 Å². The second-order valence-electron chi connectivity index (χ2n) is 21.1. The topological polar surface area (TPSA) is 80.9 Å². The molecule has 0 amide bonds. The van der Waals surface area contributed by atoms with Crippen molar-refractivity contribution in [2.45, 2.75) is 177 Å². The number of aryl methyl sites for hydroxylation is 4. The minimum absolute atomic E-state index is 0.0109. The molecular weight excluding hydrogens is 749 g/mol. The number of aromatic hydroxyl groups is 4. The van der Waals surface area contributed by atoms with Crippen molar-refractivity contribution < 1.29 is 20.4 Å². The first-order valence-electron chi connectivity index (χ1n) is 22.6. The Labute approximate surface area is 370 Å². The summed E-state index contributed by atoms with van der Waals surface area (Å²) in [6, 6.07) is 27.1. The average Bonchev–Trinajstić information content (AvgIpc) is 3.18. The molecule has 4 heteroatoms. The van der Waals surface area contributed by atoms with Crippen LogP contribution in [0.1, 0.15) is 200 Å². The van der Waals surface area contributed by atoms with Gasteiger partial charge in [-0.2, -0.15) is 0 Å². The molecule has 4 nitrogen and oxygen atoms in total. The summed E-state index contributed by atoms with van der Waals surface area (Å²) < 4.78 is 0. The van der Waals surface area contributed by atoms with Crippen LogP contribution < -0.4 is 0 Å². The van der Waals surface area contributed by atoms with E-state index >= 15 is 0 Å². The summed E-state index contributed by atoms with van der Waals surface area (Å²) in [6.07, 6.45) is 4.11. The summed E-state index contributed by atoms with van der Waals surface area (Å²) in [4.78, 5) is 0. The molecule has 5 aromatic rings. The Hall–Kier alpha value is -4.70. The number of rotatable bonds is 11. The van der Waals surface area contributed by atoms with Gasteiger partial charge in [-0.05, 0) is 165 Å². The number of benzene rings is 5. The highest BCUT2D eigenvalue weighted by Gasteiger charge is 2.33. The van der Waals surface area contributed by atoms with Gasteiger partial charge in [-0.3, -0.25) is 0 Å². The fraction of sp³-hybridized carbons (Fsp3) is 0.474. The molecule has 5 rings (SSSR count). The zero-order valence-electron chi connectivity index (χ0n) is 40.8. The SMILES string of the molecule is CCCC(c1cc(C)c(O)cc1C(C)(C)CC)c1cc(C)c(O)cc1C(C)(C)CC.Cc1cc(C(c2ccccc2)c2cc(C)c(O)cc2C(C)(C)C)c(C(C)(C)C)cc1O. The van der Waals surface area contributed by atoms with Gasteiger partial charge in [0.25, 0.3) is 0 Å². The normalized spacial score (nSPS) is 12.5. The zero-order valence-corrected chi connectivity index (χ0v) is 40.8. The van der Waals surface area contributed by atoms with Crippen molar-refractivity contribution in [3.05, 3.63) is 151 Å². The van der Waals surface area contributed by atoms with Crippen LogP contribution in [0.3, 0.4) is 0 Å². The predicted molar refractivity (Wildman–Crippen MR) is 260 cm³/mol. The van der Waals surface area contributed by atoms with E-state index in [4.69, 9.17) is 0 Å². The molecular formula is C57H78O4. The number of phenolic OH excluding ortho intramolecular Hbond substituents is 4. The van der Waals surface area contributed by atoms with Gasteiger partial charge in [-0.1, -0.05) is 151 Å². The molecule has 0 aliphatic rings. The molecule has 61 heavy (non-hydrogen) atoms. The van der Waals surface area contributed by atoms with Gasteiger partial charge >= 0.3 is 0 Å². The van der Waals surface area contributed by atoms with Crippen molar-refractivity contribution in [1.29, 1.82) is 0 Å². The molecule has 0 aliphatic heterocycles. The molecule has 330 valence electrons. The Morgan fingerprint density at radius 1 is 0.426 bits per heavy atom. The van der Waals surface area contributed by atoms with Crippen molar-refractivity contribution in [3.63, 3.8) is 0 Å². The fourth-order valence-electron chi connectivity index (χ4n) is 8.72. The molecule has 0 aliphatic carbocycles. The van der Waals surface area contributed by atoms with Gasteiger partial charge in [0.2, 0.25) is 0 Å². The third-order valence-electron chi connectivity index (χ3n) is 13.4. The first-order chi connectivity index (χ1) is 28.2. The molecule has 0 saturated heterocycles. The van der Waals surface area contributed by atoms with Crippen molar-refractivity contribution >= 4 is 0 Å². The van der Waals surface area contributed by atoms with Crippen LogP contribution in [-0.4, -0.2) is 20.4 Å². The lowest BCUT2D eigenvalue weighted by molar-refractivity contribution is 0.452.